The lowest BCUT2D eigenvalue weighted by molar-refractivity contribution is 0.178. The number of sulfonamides is 1. The number of fused-ring (bicyclic) bond motifs is 3. The van der Waals surface area contributed by atoms with Gasteiger partial charge in [-0.05, 0) is 43.4 Å². The van der Waals surface area contributed by atoms with Crippen molar-refractivity contribution in [2.24, 2.45) is 0 Å². The summed E-state index contributed by atoms with van der Waals surface area (Å²) in [5.74, 6) is 1.29. The molecule has 1 fully saturated rings. The first-order chi connectivity index (χ1) is 15.0. The highest BCUT2D eigenvalue weighted by Gasteiger charge is 2.29. The second-order valence-electron chi connectivity index (χ2n) is 8.14. The average molecular weight is 459 g/mol. The molecule has 1 aliphatic carbocycles. The highest BCUT2D eigenvalue weighted by atomic mass is 32.2. The average Bonchev–Trinajstić information content (AvgIpc) is 2.96. The lowest BCUT2D eigenvalue weighted by atomic mass is 10.1. The first-order valence-corrected chi connectivity index (χ1v) is 13.0. The molecular weight excluding hydrogens is 432 g/mol. The van der Waals surface area contributed by atoms with Gasteiger partial charge in [0.25, 0.3) is 0 Å². The normalized spacial score (nSPS) is 18.7. The van der Waals surface area contributed by atoms with Gasteiger partial charge in [-0.1, -0.05) is 6.42 Å². The van der Waals surface area contributed by atoms with E-state index in [4.69, 9.17) is 10.7 Å². The molecule has 2 N–H and O–H groups in total. The Bertz CT molecular complexity index is 1190. The van der Waals surface area contributed by atoms with Gasteiger partial charge in [0, 0.05) is 43.4 Å². The van der Waals surface area contributed by atoms with E-state index in [0.717, 1.165) is 23.1 Å². The van der Waals surface area contributed by atoms with Gasteiger partial charge in [-0.15, -0.1) is 11.3 Å². The predicted octanol–water partition coefficient (Wildman–Crippen LogP) is 2.44. The van der Waals surface area contributed by atoms with Crippen LogP contribution in [0.4, 0.5) is 5.82 Å². The number of nitrogen functional groups attached to an aromatic ring is 1. The van der Waals surface area contributed by atoms with Crippen LogP contribution in [0.3, 0.4) is 0 Å². The van der Waals surface area contributed by atoms with Crippen LogP contribution in [0.5, 0.6) is 0 Å². The number of hydrogen-bond donors (Lipinski definition) is 1. The Morgan fingerprint density at radius 3 is 2.65 bits per heavy atom. The fourth-order valence-corrected chi connectivity index (χ4v) is 7.13. The number of aromatic nitrogens is 3. The number of pyridine rings is 1. The van der Waals surface area contributed by atoms with Crippen molar-refractivity contribution in [1.82, 2.24) is 24.2 Å². The number of aryl methyl sites for hydroxylation is 2. The third kappa shape index (κ3) is 4.05. The summed E-state index contributed by atoms with van der Waals surface area (Å²) >= 11 is 1.76. The van der Waals surface area contributed by atoms with Gasteiger partial charge >= 0.3 is 0 Å². The zero-order valence-electron chi connectivity index (χ0n) is 17.3. The van der Waals surface area contributed by atoms with Crippen molar-refractivity contribution in [3.63, 3.8) is 0 Å². The zero-order chi connectivity index (χ0) is 21.4. The quantitative estimate of drug-likeness (QED) is 0.599. The number of nitrogens with two attached hydrogens (primary N) is 1. The second kappa shape index (κ2) is 8.42. The summed E-state index contributed by atoms with van der Waals surface area (Å²) < 4.78 is 27.1. The van der Waals surface area contributed by atoms with Crippen molar-refractivity contribution in [3.05, 3.63) is 40.8 Å². The highest BCUT2D eigenvalue weighted by Crippen LogP contribution is 2.37. The maximum atomic E-state index is 12.8. The Kier molecular flexibility index (Phi) is 5.63. The van der Waals surface area contributed by atoms with Gasteiger partial charge in [-0.2, -0.15) is 4.31 Å². The van der Waals surface area contributed by atoms with Crippen molar-refractivity contribution in [2.45, 2.75) is 43.5 Å². The van der Waals surface area contributed by atoms with E-state index in [-0.39, 0.29) is 4.90 Å². The van der Waals surface area contributed by atoms with E-state index in [1.54, 1.807) is 29.7 Å². The summed E-state index contributed by atoms with van der Waals surface area (Å²) in [6, 6.07) is 3.23. The van der Waals surface area contributed by atoms with Crippen LogP contribution in [0.15, 0.2) is 29.4 Å². The van der Waals surface area contributed by atoms with E-state index in [9.17, 15) is 8.42 Å². The molecule has 3 aromatic rings. The van der Waals surface area contributed by atoms with Crippen LogP contribution in [0, 0.1) is 0 Å². The van der Waals surface area contributed by atoms with E-state index in [2.05, 4.69) is 14.9 Å². The van der Waals surface area contributed by atoms with Gasteiger partial charge in [0.2, 0.25) is 10.0 Å². The number of nitrogens with zero attached hydrogens (tertiary/aromatic N) is 5. The molecule has 0 amide bonds. The smallest absolute Gasteiger partial charge is 0.244 e. The third-order valence-corrected chi connectivity index (χ3v) is 9.18. The minimum atomic E-state index is -3.50. The molecule has 164 valence electrons. The number of anilines is 1. The number of piperazine rings is 1. The van der Waals surface area contributed by atoms with E-state index in [0.29, 0.717) is 44.4 Å². The second-order valence-corrected chi connectivity index (χ2v) is 11.2. The van der Waals surface area contributed by atoms with Crippen LogP contribution in [0.1, 0.15) is 35.5 Å². The SMILES string of the molecule is Nc1nc(CN2CCN(S(=O)(=O)c3cccnc3)CC2)nc2sc3c(c12)CCCCC3. The van der Waals surface area contributed by atoms with Gasteiger partial charge in [0.05, 0.1) is 11.9 Å². The summed E-state index contributed by atoms with van der Waals surface area (Å²) in [5.41, 5.74) is 7.73. The maximum Gasteiger partial charge on any atom is 0.244 e. The van der Waals surface area contributed by atoms with Gasteiger partial charge < -0.3 is 5.73 Å². The molecule has 0 aromatic carbocycles. The van der Waals surface area contributed by atoms with Crippen LogP contribution in [0.25, 0.3) is 10.2 Å². The van der Waals surface area contributed by atoms with Gasteiger partial charge in [-0.3, -0.25) is 9.88 Å². The van der Waals surface area contributed by atoms with Crippen LogP contribution < -0.4 is 5.73 Å². The molecule has 0 saturated carbocycles. The first-order valence-electron chi connectivity index (χ1n) is 10.7. The molecule has 0 bridgehead atoms. The Morgan fingerprint density at radius 1 is 1.06 bits per heavy atom. The molecule has 2 aliphatic rings. The van der Waals surface area contributed by atoms with E-state index < -0.39 is 10.0 Å². The van der Waals surface area contributed by atoms with Crippen molar-refractivity contribution in [1.29, 1.82) is 0 Å². The van der Waals surface area contributed by atoms with Gasteiger partial charge in [-0.25, -0.2) is 18.4 Å². The van der Waals surface area contributed by atoms with Crippen molar-refractivity contribution < 1.29 is 8.42 Å². The number of rotatable bonds is 4. The van der Waals surface area contributed by atoms with Crippen molar-refractivity contribution in [3.8, 4) is 0 Å². The molecule has 5 rings (SSSR count). The third-order valence-electron chi connectivity index (χ3n) is 6.11. The Labute approximate surface area is 186 Å². The van der Waals surface area contributed by atoms with E-state index in [1.807, 2.05) is 0 Å². The minimum Gasteiger partial charge on any atom is -0.383 e. The van der Waals surface area contributed by atoms with Crippen LogP contribution in [-0.4, -0.2) is 58.8 Å². The zero-order valence-corrected chi connectivity index (χ0v) is 19.0. The fourth-order valence-electron chi connectivity index (χ4n) is 4.46. The molecule has 0 spiro atoms. The van der Waals surface area contributed by atoms with Gasteiger partial charge in [0.1, 0.15) is 21.4 Å². The fraction of sp³-hybridized carbons (Fsp3) is 0.476. The topological polar surface area (TPSA) is 105 Å². The summed E-state index contributed by atoms with van der Waals surface area (Å²) in [5, 5.41) is 1.05. The molecule has 4 heterocycles. The predicted molar refractivity (Wildman–Crippen MR) is 121 cm³/mol. The van der Waals surface area contributed by atoms with E-state index >= 15 is 0 Å². The molecule has 3 aromatic heterocycles. The molecule has 10 heteroatoms. The molecule has 1 aliphatic heterocycles. The molecular formula is C21H26N6O2S2. The Balaban J connectivity index is 1.29. The summed E-state index contributed by atoms with van der Waals surface area (Å²) in [6.45, 7) is 2.69. The lowest BCUT2D eigenvalue weighted by Gasteiger charge is -2.33. The molecule has 1 saturated heterocycles. The number of hydrogen-bond acceptors (Lipinski definition) is 8. The Morgan fingerprint density at radius 2 is 1.87 bits per heavy atom. The van der Waals surface area contributed by atoms with Gasteiger partial charge in [0.15, 0.2) is 0 Å². The maximum absolute atomic E-state index is 12.8. The first kappa shape index (κ1) is 20.7. The van der Waals surface area contributed by atoms with Crippen LogP contribution in [-0.2, 0) is 29.4 Å². The summed E-state index contributed by atoms with van der Waals surface area (Å²) in [7, 11) is -3.50. The summed E-state index contributed by atoms with van der Waals surface area (Å²) in [6.07, 6.45) is 8.85. The lowest BCUT2D eigenvalue weighted by Crippen LogP contribution is -2.48. The summed E-state index contributed by atoms with van der Waals surface area (Å²) in [4.78, 5) is 18.2. The highest BCUT2D eigenvalue weighted by molar-refractivity contribution is 7.89. The van der Waals surface area contributed by atoms with Crippen molar-refractivity contribution in [2.75, 3.05) is 31.9 Å². The van der Waals surface area contributed by atoms with Crippen molar-refractivity contribution >= 4 is 37.4 Å². The molecule has 8 nitrogen and oxygen atoms in total. The monoisotopic (exact) mass is 458 g/mol. The molecule has 31 heavy (non-hydrogen) atoms. The molecule has 0 unspecified atom stereocenters. The molecule has 0 radical (unpaired) electrons. The van der Waals surface area contributed by atoms with E-state index in [1.165, 1.54) is 40.2 Å². The van der Waals surface area contributed by atoms with Crippen LogP contribution in [0.2, 0.25) is 0 Å². The molecule has 0 atom stereocenters. The largest absolute Gasteiger partial charge is 0.383 e. The Hall–Kier alpha value is -2.14. The standard InChI is InChI=1S/C21H26N6O2S2/c22-20-19-16-6-2-1-3-7-17(16)30-21(19)25-18(24-20)14-26-9-11-27(12-10-26)31(28,29)15-5-4-8-23-13-15/h4-5,8,13H,1-3,6-7,9-12,14H2,(H2,22,24,25). The number of thiophene rings is 1. The minimum absolute atomic E-state index is 0.238. The van der Waals surface area contributed by atoms with Crippen LogP contribution >= 0.6 is 11.3 Å².